The third-order valence-electron chi connectivity index (χ3n) is 2.21. The Labute approximate surface area is 208 Å². The highest BCUT2D eigenvalue weighted by atomic mass is 28.5. The first-order valence-corrected chi connectivity index (χ1v) is 28.9. The minimum absolute atomic E-state index is 0. The molecule has 200 valence electrons. The molecule has 31 heavy (non-hydrogen) atoms. The Balaban J connectivity index is -0.0000000640. The van der Waals surface area contributed by atoms with E-state index in [4.69, 9.17) is 16.5 Å². The molecule has 0 radical (unpaired) electrons. The lowest BCUT2D eigenvalue weighted by Crippen LogP contribution is -2.50. The minimum Gasteiger partial charge on any atom is -0.437 e. The Kier molecular flexibility index (Phi) is 26.6. The standard InChI is InChI=1S/2C8H24O2Si3.5CH4/c2*1-11(2,3)9-13(7,8)10-12(4,5)6;;;;;/h2*1-8H3;5*1H4. The van der Waals surface area contributed by atoms with Crippen molar-refractivity contribution in [2.75, 3.05) is 0 Å². The molecule has 0 N–H and O–H groups in total. The molecule has 0 aromatic heterocycles. The second kappa shape index (κ2) is 16.7. The van der Waals surface area contributed by atoms with E-state index in [2.05, 4.69) is 105 Å². The normalized spacial score (nSPS) is 12.4. The SMILES string of the molecule is C.C.C.C.C.C[Si](C)(C)O[Si](C)(C)O[Si](C)(C)C.C[Si](C)(C)O[Si](C)(C)O[Si](C)(C)C. The van der Waals surface area contributed by atoms with Gasteiger partial charge in [-0.05, 0) is 105 Å². The molecular formula is C21H68O4Si6. The molecule has 0 fully saturated rings. The summed E-state index contributed by atoms with van der Waals surface area (Å²) in [6, 6.07) is 0. The smallest absolute Gasteiger partial charge is 0.311 e. The predicted molar refractivity (Wildman–Crippen MR) is 166 cm³/mol. The van der Waals surface area contributed by atoms with Gasteiger partial charge in [0.05, 0.1) is 0 Å². The third-order valence-corrected chi connectivity index (χ3v) is 19.9. The van der Waals surface area contributed by atoms with Crippen molar-refractivity contribution in [1.82, 2.24) is 0 Å². The van der Waals surface area contributed by atoms with Crippen molar-refractivity contribution in [2.45, 2.75) is 142 Å². The van der Waals surface area contributed by atoms with Crippen LogP contribution in [0.5, 0.6) is 0 Å². The Morgan fingerprint density at radius 3 is 0.419 bits per heavy atom. The van der Waals surface area contributed by atoms with Gasteiger partial charge >= 0.3 is 17.1 Å². The van der Waals surface area contributed by atoms with Crippen molar-refractivity contribution >= 4 is 50.4 Å². The van der Waals surface area contributed by atoms with E-state index in [1.807, 2.05) is 0 Å². The molecule has 0 aliphatic heterocycles. The van der Waals surface area contributed by atoms with Crippen LogP contribution in [0.2, 0.25) is 105 Å². The van der Waals surface area contributed by atoms with Crippen molar-refractivity contribution in [3.8, 4) is 0 Å². The Hall–Kier alpha value is 1.14. The van der Waals surface area contributed by atoms with Crippen LogP contribution in [0.4, 0.5) is 0 Å². The van der Waals surface area contributed by atoms with Crippen LogP contribution in [0.15, 0.2) is 0 Å². The van der Waals surface area contributed by atoms with Gasteiger partial charge in [-0.3, -0.25) is 0 Å². The van der Waals surface area contributed by atoms with Gasteiger partial charge in [0.25, 0.3) is 0 Å². The highest BCUT2D eigenvalue weighted by molar-refractivity contribution is 6.87. The van der Waals surface area contributed by atoms with Gasteiger partial charge in [-0.2, -0.15) is 0 Å². The summed E-state index contributed by atoms with van der Waals surface area (Å²) in [5.41, 5.74) is 0. The van der Waals surface area contributed by atoms with Gasteiger partial charge < -0.3 is 16.5 Å². The third kappa shape index (κ3) is 41.8. The van der Waals surface area contributed by atoms with Crippen LogP contribution >= 0.6 is 0 Å². The number of rotatable bonds is 8. The molecular weight excluding hydrogens is 485 g/mol. The van der Waals surface area contributed by atoms with Crippen LogP contribution in [0, 0.1) is 0 Å². The molecule has 0 saturated heterocycles. The fraction of sp³-hybridized carbons (Fsp3) is 1.00. The van der Waals surface area contributed by atoms with Crippen LogP contribution in [-0.4, -0.2) is 50.4 Å². The fourth-order valence-corrected chi connectivity index (χ4v) is 27.7. The highest BCUT2D eigenvalue weighted by Crippen LogP contribution is 2.20. The van der Waals surface area contributed by atoms with Crippen molar-refractivity contribution in [3.63, 3.8) is 0 Å². The van der Waals surface area contributed by atoms with Crippen LogP contribution in [0.1, 0.15) is 37.1 Å². The van der Waals surface area contributed by atoms with E-state index in [0.717, 1.165) is 0 Å². The summed E-state index contributed by atoms with van der Waals surface area (Å²) in [6.45, 7) is 35.2. The molecule has 0 rings (SSSR count). The Bertz CT molecular complexity index is 342. The molecule has 0 aromatic carbocycles. The van der Waals surface area contributed by atoms with Gasteiger partial charge in [0.15, 0.2) is 33.3 Å². The lowest BCUT2D eigenvalue weighted by molar-refractivity contribution is 0.394. The monoisotopic (exact) mass is 552 g/mol. The average Bonchev–Trinajstić information content (AvgIpc) is 1.97. The first-order valence-electron chi connectivity index (χ1n) is 9.63. The zero-order valence-electron chi connectivity index (χ0n) is 20.6. The summed E-state index contributed by atoms with van der Waals surface area (Å²) in [4.78, 5) is 0. The van der Waals surface area contributed by atoms with Crippen molar-refractivity contribution in [1.29, 1.82) is 0 Å². The van der Waals surface area contributed by atoms with Crippen LogP contribution in [-0.2, 0) is 16.5 Å². The van der Waals surface area contributed by atoms with Crippen molar-refractivity contribution < 1.29 is 16.5 Å². The highest BCUT2D eigenvalue weighted by Gasteiger charge is 2.36. The van der Waals surface area contributed by atoms with E-state index < -0.39 is 50.4 Å². The van der Waals surface area contributed by atoms with E-state index in [-0.39, 0.29) is 37.1 Å². The summed E-state index contributed by atoms with van der Waals surface area (Å²) in [5.74, 6) is 0. The molecule has 4 nitrogen and oxygen atoms in total. The van der Waals surface area contributed by atoms with Gasteiger partial charge in [0, 0.05) is 0 Å². The van der Waals surface area contributed by atoms with E-state index in [0.29, 0.717) is 0 Å². The van der Waals surface area contributed by atoms with Gasteiger partial charge in [0.2, 0.25) is 0 Å². The van der Waals surface area contributed by atoms with Gasteiger partial charge in [-0.25, -0.2) is 0 Å². The van der Waals surface area contributed by atoms with E-state index in [1.54, 1.807) is 0 Å². The first-order chi connectivity index (χ1) is 10.8. The zero-order valence-corrected chi connectivity index (χ0v) is 26.6. The van der Waals surface area contributed by atoms with Crippen molar-refractivity contribution in [3.05, 3.63) is 0 Å². The summed E-state index contributed by atoms with van der Waals surface area (Å²) in [7, 11) is -9.44. The lowest BCUT2D eigenvalue weighted by Gasteiger charge is -2.35. The van der Waals surface area contributed by atoms with E-state index in [9.17, 15) is 0 Å². The van der Waals surface area contributed by atoms with Gasteiger partial charge in [-0.15, -0.1) is 0 Å². The maximum absolute atomic E-state index is 6.09. The van der Waals surface area contributed by atoms with E-state index >= 15 is 0 Å². The molecule has 0 aromatic rings. The molecule has 0 saturated carbocycles. The minimum atomic E-state index is -1.85. The zero-order chi connectivity index (χ0) is 21.8. The Morgan fingerprint density at radius 1 is 0.258 bits per heavy atom. The second-order valence-electron chi connectivity index (χ2n) is 11.7. The Morgan fingerprint density at radius 2 is 0.355 bits per heavy atom. The van der Waals surface area contributed by atoms with E-state index in [1.165, 1.54) is 0 Å². The molecule has 0 bridgehead atoms. The maximum Gasteiger partial charge on any atom is 0.311 e. The fourth-order valence-electron chi connectivity index (χ4n) is 2.99. The molecule has 0 aliphatic carbocycles. The average molecular weight is 553 g/mol. The lowest BCUT2D eigenvalue weighted by atomic mass is 11.8. The van der Waals surface area contributed by atoms with Crippen LogP contribution in [0.25, 0.3) is 0 Å². The predicted octanol–water partition coefficient (Wildman–Crippen LogP) is 9.96. The molecule has 0 spiro atoms. The first kappa shape index (κ1) is 49.3. The topological polar surface area (TPSA) is 36.9 Å². The van der Waals surface area contributed by atoms with Crippen molar-refractivity contribution in [2.24, 2.45) is 0 Å². The molecule has 0 aliphatic rings. The molecule has 0 heterocycles. The molecule has 10 heteroatoms. The quantitative estimate of drug-likeness (QED) is 0.281. The number of hydrogen-bond acceptors (Lipinski definition) is 4. The summed E-state index contributed by atoms with van der Waals surface area (Å²) < 4.78 is 24.4. The molecule has 0 atom stereocenters. The maximum atomic E-state index is 6.09. The summed E-state index contributed by atoms with van der Waals surface area (Å²) in [5, 5.41) is 0. The van der Waals surface area contributed by atoms with Gasteiger partial charge in [-0.1, -0.05) is 37.1 Å². The summed E-state index contributed by atoms with van der Waals surface area (Å²) in [6.07, 6.45) is 0. The molecule has 0 amide bonds. The van der Waals surface area contributed by atoms with Crippen LogP contribution < -0.4 is 0 Å². The van der Waals surface area contributed by atoms with Crippen LogP contribution in [0.3, 0.4) is 0 Å². The summed E-state index contributed by atoms with van der Waals surface area (Å²) >= 11 is 0. The number of hydrogen-bond donors (Lipinski definition) is 0. The second-order valence-corrected chi connectivity index (χ2v) is 37.4. The molecule has 0 unspecified atom stereocenters. The largest absolute Gasteiger partial charge is 0.437 e. The van der Waals surface area contributed by atoms with Gasteiger partial charge in [0.1, 0.15) is 0 Å².